The topological polar surface area (TPSA) is 84.9 Å². The SMILES string of the molecule is CCOc1cc(/C=C2\C(=O)NC(=O)N(c3ccc(Br)c(C)c3)C2=O)cc(I)c1OCc1cccc(F)c1. The highest BCUT2D eigenvalue weighted by Crippen LogP contribution is 2.36. The van der Waals surface area contributed by atoms with Crippen LogP contribution in [0.4, 0.5) is 14.9 Å². The fraction of sp³-hybridized carbons (Fsp3) is 0.148. The number of urea groups is 1. The fourth-order valence-corrected chi connectivity index (χ4v) is 4.71. The van der Waals surface area contributed by atoms with E-state index in [1.165, 1.54) is 18.2 Å². The highest BCUT2D eigenvalue weighted by Gasteiger charge is 2.37. The molecule has 3 aromatic rings. The maximum Gasteiger partial charge on any atom is 0.335 e. The van der Waals surface area contributed by atoms with Crippen LogP contribution in [-0.4, -0.2) is 24.5 Å². The number of benzene rings is 3. The molecule has 7 nitrogen and oxygen atoms in total. The van der Waals surface area contributed by atoms with Crippen LogP contribution in [-0.2, 0) is 16.2 Å². The molecule has 1 N–H and O–H groups in total. The number of amides is 4. The molecule has 1 aliphatic heterocycles. The van der Waals surface area contributed by atoms with Crippen LogP contribution in [0.15, 0.2) is 64.6 Å². The zero-order valence-corrected chi connectivity index (χ0v) is 23.6. The molecule has 0 aromatic heterocycles. The Balaban J connectivity index is 1.67. The van der Waals surface area contributed by atoms with Gasteiger partial charge in [0, 0.05) is 4.47 Å². The quantitative estimate of drug-likeness (QED) is 0.184. The van der Waals surface area contributed by atoms with Crippen molar-refractivity contribution in [3.05, 3.63) is 90.7 Å². The number of imide groups is 2. The molecular weight excluding hydrogens is 658 g/mol. The van der Waals surface area contributed by atoms with Crippen molar-refractivity contribution >= 4 is 68.1 Å². The first-order valence-corrected chi connectivity index (χ1v) is 13.1. The lowest BCUT2D eigenvalue weighted by Gasteiger charge is -2.26. The first-order chi connectivity index (χ1) is 17.7. The molecule has 1 saturated heterocycles. The van der Waals surface area contributed by atoms with Crippen LogP contribution in [0.1, 0.15) is 23.6 Å². The molecule has 0 unspecified atom stereocenters. The summed E-state index contributed by atoms with van der Waals surface area (Å²) in [6, 6.07) is 13.7. The monoisotopic (exact) mass is 678 g/mol. The number of carbonyl (C=O) groups is 3. The van der Waals surface area contributed by atoms with E-state index >= 15 is 0 Å². The van der Waals surface area contributed by atoms with Crippen molar-refractivity contribution in [2.75, 3.05) is 11.5 Å². The van der Waals surface area contributed by atoms with E-state index in [-0.39, 0.29) is 18.0 Å². The van der Waals surface area contributed by atoms with Gasteiger partial charge in [-0.05, 0) is 102 Å². The van der Waals surface area contributed by atoms with Crippen LogP contribution >= 0.6 is 38.5 Å². The van der Waals surface area contributed by atoms with Gasteiger partial charge in [0.1, 0.15) is 18.0 Å². The summed E-state index contributed by atoms with van der Waals surface area (Å²) in [4.78, 5) is 39.4. The molecule has 190 valence electrons. The number of carbonyl (C=O) groups excluding carboxylic acids is 3. The number of anilines is 1. The number of hydrogen-bond donors (Lipinski definition) is 1. The molecule has 0 bridgehead atoms. The molecule has 4 rings (SSSR count). The predicted octanol–water partition coefficient (Wildman–Crippen LogP) is 6.15. The van der Waals surface area contributed by atoms with Crippen molar-refractivity contribution in [1.82, 2.24) is 5.32 Å². The zero-order chi connectivity index (χ0) is 26.7. The molecule has 0 atom stereocenters. The Morgan fingerprint density at radius 1 is 1.08 bits per heavy atom. The van der Waals surface area contributed by atoms with Crippen LogP contribution in [0.25, 0.3) is 6.08 Å². The highest BCUT2D eigenvalue weighted by molar-refractivity contribution is 14.1. The van der Waals surface area contributed by atoms with Crippen molar-refractivity contribution in [2.45, 2.75) is 20.5 Å². The number of halogens is 3. The van der Waals surface area contributed by atoms with E-state index in [4.69, 9.17) is 9.47 Å². The number of nitrogens with zero attached hydrogens (tertiary/aromatic N) is 1. The molecular formula is C27H21BrFIN2O5. The third-order valence-corrected chi connectivity index (χ3v) is 7.11. The van der Waals surface area contributed by atoms with Gasteiger partial charge in [0.25, 0.3) is 11.8 Å². The summed E-state index contributed by atoms with van der Waals surface area (Å²) in [5.74, 6) is -1.04. The van der Waals surface area contributed by atoms with Crippen LogP contribution in [0.3, 0.4) is 0 Å². The van der Waals surface area contributed by atoms with Crippen molar-refractivity contribution in [3.8, 4) is 11.5 Å². The number of ether oxygens (including phenoxy) is 2. The van der Waals surface area contributed by atoms with Crippen molar-refractivity contribution < 1.29 is 28.2 Å². The van der Waals surface area contributed by atoms with Gasteiger partial charge in [-0.2, -0.15) is 0 Å². The van der Waals surface area contributed by atoms with E-state index in [9.17, 15) is 18.8 Å². The molecule has 3 aromatic carbocycles. The second-order valence-corrected chi connectivity index (χ2v) is 10.1. The number of rotatable bonds is 7. The smallest absolute Gasteiger partial charge is 0.335 e. The van der Waals surface area contributed by atoms with Gasteiger partial charge < -0.3 is 9.47 Å². The number of hydrogen-bond acceptors (Lipinski definition) is 5. The maximum absolute atomic E-state index is 13.5. The van der Waals surface area contributed by atoms with E-state index in [1.807, 2.05) is 13.8 Å². The van der Waals surface area contributed by atoms with Crippen LogP contribution < -0.4 is 19.7 Å². The molecule has 37 heavy (non-hydrogen) atoms. The van der Waals surface area contributed by atoms with Crippen LogP contribution in [0.2, 0.25) is 0 Å². The van der Waals surface area contributed by atoms with E-state index in [0.717, 1.165) is 14.9 Å². The lowest BCUT2D eigenvalue weighted by Crippen LogP contribution is -2.54. The van der Waals surface area contributed by atoms with Crippen molar-refractivity contribution in [3.63, 3.8) is 0 Å². The fourth-order valence-electron chi connectivity index (χ4n) is 3.68. The van der Waals surface area contributed by atoms with E-state index < -0.39 is 17.8 Å². The normalized spacial score (nSPS) is 14.7. The van der Waals surface area contributed by atoms with E-state index in [0.29, 0.717) is 38.5 Å². The Labute approximate surface area is 234 Å². The molecule has 10 heteroatoms. The lowest BCUT2D eigenvalue weighted by molar-refractivity contribution is -0.122. The summed E-state index contributed by atoms with van der Waals surface area (Å²) in [6.07, 6.45) is 1.41. The predicted molar refractivity (Wildman–Crippen MR) is 149 cm³/mol. The zero-order valence-electron chi connectivity index (χ0n) is 19.8. The lowest BCUT2D eigenvalue weighted by atomic mass is 10.1. The van der Waals surface area contributed by atoms with Gasteiger partial charge in [-0.1, -0.05) is 28.1 Å². The summed E-state index contributed by atoms with van der Waals surface area (Å²) in [6.45, 7) is 4.11. The third-order valence-electron chi connectivity index (χ3n) is 5.42. The van der Waals surface area contributed by atoms with Gasteiger partial charge in [0.2, 0.25) is 0 Å². The average molecular weight is 679 g/mol. The molecule has 1 fully saturated rings. The van der Waals surface area contributed by atoms with Crippen LogP contribution in [0, 0.1) is 16.3 Å². The van der Waals surface area contributed by atoms with Gasteiger partial charge in [-0.3, -0.25) is 14.9 Å². The van der Waals surface area contributed by atoms with Crippen molar-refractivity contribution in [1.29, 1.82) is 0 Å². The highest BCUT2D eigenvalue weighted by atomic mass is 127. The minimum atomic E-state index is -0.820. The molecule has 1 heterocycles. The number of aryl methyl sites for hydroxylation is 1. The Kier molecular flexibility index (Phi) is 8.28. The molecule has 0 saturated carbocycles. The van der Waals surface area contributed by atoms with Gasteiger partial charge in [0.05, 0.1) is 15.9 Å². The number of nitrogens with one attached hydrogen (secondary N) is 1. The van der Waals surface area contributed by atoms with Crippen molar-refractivity contribution in [2.24, 2.45) is 0 Å². The first kappa shape index (κ1) is 26.8. The second-order valence-electron chi connectivity index (χ2n) is 8.07. The molecule has 1 aliphatic rings. The minimum Gasteiger partial charge on any atom is -0.490 e. The van der Waals surface area contributed by atoms with E-state index in [1.54, 1.807) is 42.5 Å². The van der Waals surface area contributed by atoms with Gasteiger partial charge >= 0.3 is 6.03 Å². The maximum atomic E-state index is 13.5. The standard InChI is InChI=1S/C27H21BrFIN2O5/c1-3-36-23-13-17(12-22(30)24(23)37-14-16-5-4-6-18(29)10-16)11-20-25(33)31-27(35)32(26(20)34)19-7-8-21(28)15(2)9-19/h4-13H,3,14H2,1-2H3,(H,31,33,35)/b20-11+. The summed E-state index contributed by atoms with van der Waals surface area (Å²) < 4.78 is 26.7. The molecule has 0 radical (unpaired) electrons. The Morgan fingerprint density at radius 2 is 1.86 bits per heavy atom. The Hall–Kier alpha value is -3.25. The molecule has 0 aliphatic carbocycles. The summed E-state index contributed by atoms with van der Waals surface area (Å²) in [5.41, 5.74) is 2.12. The number of barbiturate groups is 1. The Morgan fingerprint density at radius 3 is 2.57 bits per heavy atom. The molecule has 0 spiro atoms. The first-order valence-electron chi connectivity index (χ1n) is 11.2. The third kappa shape index (κ3) is 6.02. The summed E-state index contributed by atoms with van der Waals surface area (Å²) in [5, 5.41) is 2.23. The largest absolute Gasteiger partial charge is 0.490 e. The average Bonchev–Trinajstić information content (AvgIpc) is 2.83. The van der Waals surface area contributed by atoms with Crippen LogP contribution in [0.5, 0.6) is 11.5 Å². The minimum absolute atomic E-state index is 0.124. The summed E-state index contributed by atoms with van der Waals surface area (Å²) >= 11 is 5.47. The van der Waals surface area contributed by atoms with Gasteiger partial charge in [-0.15, -0.1) is 0 Å². The Bertz CT molecular complexity index is 1440. The molecule has 4 amide bonds. The van der Waals surface area contributed by atoms with E-state index in [2.05, 4.69) is 43.8 Å². The van der Waals surface area contributed by atoms with Gasteiger partial charge in [-0.25, -0.2) is 14.1 Å². The second kappa shape index (κ2) is 11.4. The van der Waals surface area contributed by atoms with Gasteiger partial charge in [0.15, 0.2) is 11.5 Å². The summed E-state index contributed by atoms with van der Waals surface area (Å²) in [7, 11) is 0.